The summed E-state index contributed by atoms with van der Waals surface area (Å²) < 4.78 is 0. The van der Waals surface area contributed by atoms with Crippen LogP contribution in [0.25, 0.3) is 10.8 Å². The zero-order chi connectivity index (χ0) is 17.1. The van der Waals surface area contributed by atoms with Crippen LogP contribution in [0, 0.1) is 0 Å². The van der Waals surface area contributed by atoms with Gasteiger partial charge in [-0.2, -0.15) is 5.10 Å². The number of hydrazone groups is 1. The minimum Gasteiger partial charge on any atom is -0.506 e. The third kappa shape index (κ3) is 3.20. The zero-order valence-electron chi connectivity index (χ0n) is 12.3. The maximum Gasteiger partial charge on any atom is 0.275 e. The van der Waals surface area contributed by atoms with Crippen molar-refractivity contribution in [2.45, 2.75) is 0 Å². The molecule has 0 unspecified atom stereocenters. The number of rotatable bonds is 3. The molecule has 3 rings (SSSR count). The average Bonchev–Trinajstić information content (AvgIpc) is 2.58. The lowest BCUT2D eigenvalue weighted by atomic mass is 10.1. The molecule has 0 saturated carbocycles. The molecule has 3 aromatic carbocycles. The van der Waals surface area contributed by atoms with E-state index in [1.807, 2.05) is 12.1 Å². The maximum absolute atomic E-state index is 12.2. The molecule has 0 aliphatic rings. The number of halogens is 2. The van der Waals surface area contributed by atoms with Crippen molar-refractivity contribution in [2.24, 2.45) is 5.10 Å². The first-order chi connectivity index (χ1) is 11.6. The molecule has 120 valence electrons. The minimum absolute atomic E-state index is 0.0865. The van der Waals surface area contributed by atoms with Gasteiger partial charge in [0.2, 0.25) is 0 Å². The normalized spacial score (nSPS) is 11.1. The van der Waals surface area contributed by atoms with Crippen LogP contribution in [0.3, 0.4) is 0 Å². The SMILES string of the molecule is O=C(N/N=C/c1c(Cl)cccc1Cl)c1ccc2ccccc2c1O. The van der Waals surface area contributed by atoms with Crippen molar-refractivity contribution in [1.29, 1.82) is 0 Å². The molecular formula is C18H12Cl2N2O2. The van der Waals surface area contributed by atoms with Gasteiger partial charge in [0.25, 0.3) is 5.91 Å². The smallest absolute Gasteiger partial charge is 0.275 e. The number of phenolic OH excluding ortho intramolecular Hbond substituents is 1. The molecule has 1 amide bonds. The van der Waals surface area contributed by atoms with Crippen LogP contribution in [-0.2, 0) is 0 Å². The fourth-order valence-electron chi connectivity index (χ4n) is 2.29. The Bertz CT molecular complexity index is 935. The molecule has 0 bridgehead atoms. The summed E-state index contributed by atoms with van der Waals surface area (Å²) >= 11 is 12.0. The van der Waals surface area contributed by atoms with Crippen molar-refractivity contribution in [3.05, 3.63) is 75.8 Å². The third-order valence-electron chi connectivity index (χ3n) is 3.50. The Kier molecular flexibility index (Phi) is 4.69. The van der Waals surface area contributed by atoms with Crippen LogP contribution in [0.4, 0.5) is 0 Å². The minimum atomic E-state index is -0.530. The summed E-state index contributed by atoms with van der Waals surface area (Å²) in [6, 6.07) is 15.6. The van der Waals surface area contributed by atoms with E-state index in [-0.39, 0.29) is 11.3 Å². The molecule has 0 radical (unpaired) electrons. The Hall–Kier alpha value is -2.56. The number of amides is 1. The number of carbonyl (C=O) groups is 1. The number of phenols is 1. The maximum atomic E-state index is 12.2. The molecule has 0 aliphatic heterocycles. The van der Waals surface area contributed by atoms with Gasteiger partial charge < -0.3 is 5.11 Å². The predicted octanol–water partition coefficient (Wildman–Crippen LogP) is 4.62. The van der Waals surface area contributed by atoms with Crippen LogP contribution in [0.2, 0.25) is 10.0 Å². The number of hydrogen-bond donors (Lipinski definition) is 2. The van der Waals surface area contributed by atoms with Gasteiger partial charge in [0, 0.05) is 10.9 Å². The van der Waals surface area contributed by atoms with E-state index in [4.69, 9.17) is 23.2 Å². The third-order valence-corrected chi connectivity index (χ3v) is 4.16. The first-order valence-corrected chi connectivity index (χ1v) is 7.81. The van der Waals surface area contributed by atoms with Crippen molar-refractivity contribution >= 4 is 46.1 Å². The van der Waals surface area contributed by atoms with Gasteiger partial charge in [0.15, 0.2) is 0 Å². The van der Waals surface area contributed by atoms with Crippen LogP contribution in [0.15, 0.2) is 59.7 Å². The molecule has 0 saturated heterocycles. The molecule has 0 spiro atoms. The summed E-state index contributed by atoms with van der Waals surface area (Å²) in [6.45, 7) is 0. The first-order valence-electron chi connectivity index (χ1n) is 7.06. The topological polar surface area (TPSA) is 61.7 Å². The van der Waals surface area contributed by atoms with Crippen LogP contribution in [0.5, 0.6) is 5.75 Å². The Balaban J connectivity index is 1.83. The van der Waals surface area contributed by atoms with Gasteiger partial charge >= 0.3 is 0 Å². The molecule has 2 N–H and O–H groups in total. The highest BCUT2D eigenvalue weighted by Crippen LogP contribution is 2.28. The number of nitrogens with zero attached hydrogens (tertiary/aromatic N) is 1. The standard InChI is InChI=1S/C18H12Cl2N2O2/c19-15-6-3-7-16(20)14(15)10-21-22-18(24)13-9-8-11-4-1-2-5-12(11)17(13)23/h1-10,23H,(H,22,24)/b21-10+. The number of nitrogens with one attached hydrogen (secondary N) is 1. The summed E-state index contributed by atoms with van der Waals surface area (Å²) in [5.41, 5.74) is 3.00. The van der Waals surface area contributed by atoms with Gasteiger partial charge in [-0.05, 0) is 23.6 Å². The quantitative estimate of drug-likeness (QED) is 0.530. The van der Waals surface area contributed by atoms with Gasteiger partial charge in [0.05, 0.1) is 21.8 Å². The van der Waals surface area contributed by atoms with E-state index >= 15 is 0 Å². The second kappa shape index (κ2) is 6.91. The Morgan fingerprint density at radius 2 is 1.71 bits per heavy atom. The summed E-state index contributed by atoms with van der Waals surface area (Å²) in [5, 5.41) is 16.4. The van der Waals surface area contributed by atoms with E-state index in [1.165, 1.54) is 6.21 Å². The highest BCUT2D eigenvalue weighted by molar-refractivity contribution is 6.38. The molecule has 0 aromatic heterocycles. The average molecular weight is 359 g/mol. The Labute approximate surface area is 148 Å². The van der Waals surface area contributed by atoms with Crippen LogP contribution in [0.1, 0.15) is 15.9 Å². The second-order valence-electron chi connectivity index (χ2n) is 5.02. The predicted molar refractivity (Wildman–Crippen MR) is 97.1 cm³/mol. The summed E-state index contributed by atoms with van der Waals surface area (Å²) in [4.78, 5) is 12.2. The van der Waals surface area contributed by atoms with Crippen molar-refractivity contribution in [3.8, 4) is 5.75 Å². The van der Waals surface area contributed by atoms with Gasteiger partial charge in [-0.1, -0.05) is 59.6 Å². The molecular weight excluding hydrogens is 347 g/mol. The molecule has 0 fully saturated rings. The van der Waals surface area contributed by atoms with E-state index in [9.17, 15) is 9.90 Å². The fourth-order valence-corrected chi connectivity index (χ4v) is 2.78. The lowest BCUT2D eigenvalue weighted by molar-refractivity contribution is 0.0952. The molecule has 4 nitrogen and oxygen atoms in total. The zero-order valence-corrected chi connectivity index (χ0v) is 13.8. The molecule has 24 heavy (non-hydrogen) atoms. The number of carbonyl (C=O) groups excluding carboxylic acids is 1. The molecule has 0 aliphatic carbocycles. The van der Waals surface area contributed by atoms with E-state index in [0.717, 1.165) is 5.39 Å². The van der Waals surface area contributed by atoms with Gasteiger partial charge in [-0.15, -0.1) is 0 Å². The lowest BCUT2D eigenvalue weighted by Crippen LogP contribution is -2.17. The van der Waals surface area contributed by atoms with Gasteiger partial charge in [0.1, 0.15) is 5.75 Å². The summed E-state index contributed by atoms with van der Waals surface area (Å²) in [6.07, 6.45) is 1.36. The van der Waals surface area contributed by atoms with Crippen molar-refractivity contribution in [3.63, 3.8) is 0 Å². The monoisotopic (exact) mass is 358 g/mol. The van der Waals surface area contributed by atoms with Gasteiger partial charge in [-0.3, -0.25) is 4.79 Å². The molecule has 0 heterocycles. The Morgan fingerprint density at radius 3 is 2.46 bits per heavy atom. The largest absolute Gasteiger partial charge is 0.506 e. The number of fused-ring (bicyclic) bond motifs is 1. The fraction of sp³-hybridized carbons (Fsp3) is 0. The van der Waals surface area contributed by atoms with E-state index in [1.54, 1.807) is 42.5 Å². The van der Waals surface area contributed by atoms with Crippen LogP contribution < -0.4 is 5.43 Å². The van der Waals surface area contributed by atoms with E-state index in [0.29, 0.717) is 21.0 Å². The van der Waals surface area contributed by atoms with Crippen molar-refractivity contribution < 1.29 is 9.90 Å². The summed E-state index contributed by atoms with van der Waals surface area (Å²) in [5.74, 6) is -0.616. The number of benzene rings is 3. The molecule has 3 aromatic rings. The first kappa shape index (κ1) is 16.3. The van der Waals surface area contributed by atoms with E-state index in [2.05, 4.69) is 10.5 Å². The van der Waals surface area contributed by atoms with E-state index < -0.39 is 5.91 Å². The lowest BCUT2D eigenvalue weighted by Gasteiger charge is -2.06. The molecule has 0 atom stereocenters. The van der Waals surface area contributed by atoms with Crippen molar-refractivity contribution in [2.75, 3.05) is 0 Å². The molecule has 6 heteroatoms. The van der Waals surface area contributed by atoms with Crippen LogP contribution >= 0.6 is 23.2 Å². The number of hydrogen-bond acceptors (Lipinski definition) is 3. The Morgan fingerprint density at radius 1 is 1.00 bits per heavy atom. The summed E-state index contributed by atoms with van der Waals surface area (Å²) in [7, 11) is 0. The number of aromatic hydroxyl groups is 1. The van der Waals surface area contributed by atoms with Crippen molar-refractivity contribution in [1.82, 2.24) is 5.43 Å². The van der Waals surface area contributed by atoms with Gasteiger partial charge in [-0.25, -0.2) is 5.43 Å². The van der Waals surface area contributed by atoms with Crippen LogP contribution in [-0.4, -0.2) is 17.2 Å². The highest BCUT2D eigenvalue weighted by Gasteiger charge is 2.13. The second-order valence-corrected chi connectivity index (χ2v) is 5.83. The highest BCUT2D eigenvalue weighted by atomic mass is 35.5.